The van der Waals surface area contributed by atoms with Crippen molar-refractivity contribution in [3.05, 3.63) is 41.7 Å². The summed E-state index contributed by atoms with van der Waals surface area (Å²) in [6.45, 7) is 2.09. The van der Waals surface area contributed by atoms with Gasteiger partial charge >= 0.3 is 4.96 Å². The van der Waals surface area contributed by atoms with Crippen LogP contribution >= 0.6 is 11.3 Å². The predicted octanol–water partition coefficient (Wildman–Crippen LogP) is -1.54. The van der Waals surface area contributed by atoms with Crippen LogP contribution in [0.4, 0.5) is 0 Å². The van der Waals surface area contributed by atoms with Gasteiger partial charge in [-0.05, 0) is 41.3 Å². The summed E-state index contributed by atoms with van der Waals surface area (Å²) < 4.78 is 37.7. The van der Waals surface area contributed by atoms with Crippen LogP contribution in [0.5, 0.6) is 0 Å². The zero-order chi connectivity index (χ0) is 15.9. The zero-order valence-corrected chi connectivity index (χ0v) is 13.3. The Balaban J connectivity index is 0.000000254. The number of halogens is 1. The first-order valence-electron chi connectivity index (χ1n) is 6.65. The topological polar surface area (TPSA) is 109 Å². The average Bonchev–Trinajstić information content (AvgIpc) is 3.16. The first kappa shape index (κ1) is 15.5. The second kappa shape index (κ2) is 5.69. The van der Waals surface area contributed by atoms with E-state index < -0.39 is 10.2 Å². The standard InChI is InChI=1S/C14H13N2S.ClHO4/c1-9-8-12(10-6-7-10)16-11-4-2-3-5-13(11)17-14(16)15-9;2-1(3,4)5/h2-5,8,10H,6-7H2,1H3;(H,2,3,4,5)/q+1;/p-1. The fourth-order valence-electron chi connectivity index (χ4n) is 2.44. The molecule has 1 aromatic carbocycles. The lowest BCUT2D eigenvalue weighted by Crippen LogP contribution is -2.68. The van der Waals surface area contributed by atoms with Gasteiger partial charge in [-0.2, -0.15) is 4.40 Å². The lowest BCUT2D eigenvalue weighted by Gasteiger charge is -2.17. The van der Waals surface area contributed by atoms with E-state index in [9.17, 15) is 0 Å². The number of hydrogen-bond donors (Lipinski definition) is 0. The Morgan fingerprint density at radius 1 is 1.18 bits per heavy atom. The Kier molecular flexibility index (Phi) is 4.02. The number of para-hydroxylation sites is 1. The molecule has 22 heavy (non-hydrogen) atoms. The quantitative estimate of drug-likeness (QED) is 0.499. The van der Waals surface area contributed by atoms with Crippen LogP contribution < -0.4 is 23.0 Å². The number of aryl methyl sites for hydroxylation is 1. The summed E-state index contributed by atoms with van der Waals surface area (Å²) in [7, 11) is -4.94. The zero-order valence-electron chi connectivity index (χ0n) is 11.7. The smallest absolute Gasteiger partial charge is 0.222 e. The molecule has 0 amide bonds. The molecular formula is C14H13ClN2O4S. The molecule has 1 aliphatic rings. The molecule has 0 aliphatic heterocycles. The van der Waals surface area contributed by atoms with Crippen LogP contribution in [0.25, 0.3) is 15.2 Å². The number of rotatable bonds is 1. The van der Waals surface area contributed by atoms with Crippen molar-refractivity contribution in [2.45, 2.75) is 25.7 Å². The maximum absolute atomic E-state index is 8.49. The molecule has 2 aromatic heterocycles. The Hall–Kier alpha value is -1.35. The SMILES string of the molecule is Cc1cc(C2CC2)[n+]2c(n1)sc1ccccc12.[O-][Cl+3]([O-])([O-])[O-]. The van der Waals surface area contributed by atoms with Gasteiger partial charge in [0.05, 0.1) is 4.70 Å². The number of hydrogen-bond acceptors (Lipinski definition) is 6. The molecule has 8 heteroatoms. The molecule has 0 radical (unpaired) electrons. The van der Waals surface area contributed by atoms with Gasteiger partial charge in [0.2, 0.25) is 0 Å². The molecule has 0 N–H and O–H groups in total. The minimum atomic E-state index is -4.94. The Morgan fingerprint density at radius 3 is 2.45 bits per heavy atom. The van der Waals surface area contributed by atoms with Crippen molar-refractivity contribution in [3.8, 4) is 0 Å². The van der Waals surface area contributed by atoms with E-state index in [0.717, 1.165) is 16.6 Å². The van der Waals surface area contributed by atoms with E-state index in [0.29, 0.717) is 0 Å². The fraction of sp³-hybridized carbons (Fsp3) is 0.286. The maximum atomic E-state index is 8.49. The van der Waals surface area contributed by atoms with Gasteiger partial charge in [0.15, 0.2) is 11.2 Å². The molecule has 1 aliphatic carbocycles. The molecule has 116 valence electrons. The molecule has 1 fully saturated rings. The van der Waals surface area contributed by atoms with E-state index in [2.05, 4.69) is 46.6 Å². The highest BCUT2D eigenvalue weighted by Gasteiger charge is 2.31. The molecular weight excluding hydrogens is 328 g/mol. The van der Waals surface area contributed by atoms with E-state index >= 15 is 0 Å². The molecule has 4 rings (SSSR count). The molecule has 3 aromatic rings. The van der Waals surface area contributed by atoms with Crippen molar-refractivity contribution < 1.29 is 33.3 Å². The van der Waals surface area contributed by atoms with Crippen molar-refractivity contribution in [3.63, 3.8) is 0 Å². The summed E-state index contributed by atoms with van der Waals surface area (Å²) in [5.74, 6) is 0.752. The van der Waals surface area contributed by atoms with Crippen LogP contribution in [0.15, 0.2) is 30.3 Å². The Morgan fingerprint density at radius 2 is 1.82 bits per heavy atom. The molecule has 0 spiro atoms. The van der Waals surface area contributed by atoms with E-state index in [1.54, 1.807) is 11.3 Å². The molecule has 1 saturated carbocycles. The Bertz CT molecular complexity index is 821. The summed E-state index contributed by atoms with van der Waals surface area (Å²) in [5.41, 5.74) is 3.89. The minimum absolute atomic E-state index is 0.752. The molecule has 6 nitrogen and oxygen atoms in total. The molecule has 0 bridgehead atoms. The summed E-state index contributed by atoms with van der Waals surface area (Å²) >= 11 is 1.79. The van der Waals surface area contributed by atoms with Crippen LogP contribution in [-0.4, -0.2) is 4.98 Å². The third kappa shape index (κ3) is 3.52. The van der Waals surface area contributed by atoms with Crippen LogP contribution in [0, 0.1) is 17.2 Å². The largest absolute Gasteiger partial charge is 0.388 e. The summed E-state index contributed by atoms with van der Waals surface area (Å²) in [5, 5.41) is 0. The van der Waals surface area contributed by atoms with Crippen molar-refractivity contribution in [2.24, 2.45) is 0 Å². The molecule has 2 heterocycles. The molecule has 0 unspecified atom stereocenters. The minimum Gasteiger partial charge on any atom is -0.222 e. The van der Waals surface area contributed by atoms with Crippen molar-refractivity contribution in [1.29, 1.82) is 0 Å². The summed E-state index contributed by atoms with van der Waals surface area (Å²) in [6.07, 6.45) is 2.66. The van der Waals surface area contributed by atoms with E-state index in [1.165, 1.54) is 28.8 Å². The van der Waals surface area contributed by atoms with Gasteiger partial charge < -0.3 is 0 Å². The maximum Gasteiger partial charge on any atom is 0.388 e. The number of aromatic nitrogens is 2. The number of fused-ring (bicyclic) bond motifs is 3. The average molecular weight is 341 g/mol. The molecule has 0 saturated heterocycles. The third-order valence-corrected chi connectivity index (χ3v) is 4.40. The van der Waals surface area contributed by atoms with Gasteiger partial charge in [-0.3, -0.25) is 0 Å². The number of thiazole rings is 1. The number of nitrogens with zero attached hydrogens (tertiary/aromatic N) is 2. The summed E-state index contributed by atoms with van der Waals surface area (Å²) in [4.78, 5) is 5.80. The third-order valence-electron chi connectivity index (χ3n) is 3.38. The molecule has 0 atom stereocenters. The van der Waals surface area contributed by atoms with Gasteiger partial charge in [0, 0.05) is 18.9 Å². The number of benzene rings is 1. The van der Waals surface area contributed by atoms with Crippen LogP contribution in [-0.2, 0) is 0 Å². The van der Waals surface area contributed by atoms with Gasteiger partial charge in [-0.15, -0.1) is 10.2 Å². The highest BCUT2D eigenvalue weighted by Crippen LogP contribution is 2.39. The van der Waals surface area contributed by atoms with Crippen LogP contribution in [0.1, 0.15) is 30.1 Å². The van der Waals surface area contributed by atoms with Crippen molar-refractivity contribution in [2.75, 3.05) is 0 Å². The second-order valence-electron chi connectivity index (χ2n) is 5.16. The van der Waals surface area contributed by atoms with Gasteiger partial charge in [0.1, 0.15) is 5.69 Å². The van der Waals surface area contributed by atoms with Crippen molar-refractivity contribution in [1.82, 2.24) is 4.98 Å². The predicted molar refractivity (Wildman–Crippen MR) is 69.5 cm³/mol. The first-order chi connectivity index (χ1) is 10.3. The van der Waals surface area contributed by atoms with Crippen molar-refractivity contribution >= 4 is 26.5 Å². The lowest BCUT2D eigenvalue weighted by molar-refractivity contribution is -2.00. The second-order valence-corrected chi connectivity index (χ2v) is 6.93. The van der Waals surface area contributed by atoms with Gasteiger partial charge in [0.25, 0.3) is 0 Å². The van der Waals surface area contributed by atoms with Gasteiger partial charge in [-0.25, -0.2) is 18.6 Å². The Labute approximate surface area is 132 Å². The fourth-order valence-corrected chi connectivity index (χ4v) is 3.53. The first-order valence-corrected chi connectivity index (χ1v) is 8.70. The van der Waals surface area contributed by atoms with E-state index in [1.807, 2.05) is 0 Å². The normalized spacial score (nSPS) is 15.0. The van der Waals surface area contributed by atoms with E-state index in [4.69, 9.17) is 18.6 Å². The summed E-state index contributed by atoms with van der Waals surface area (Å²) in [6, 6.07) is 10.8. The van der Waals surface area contributed by atoms with E-state index in [-0.39, 0.29) is 0 Å². The van der Waals surface area contributed by atoms with Crippen LogP contribution in [0.2, 0.25) is 0 Å². The lowest BCUT2D eigenvalue weighted by atomic mass is 10.2. The van der Waals surface area contributed by atoms with Gasteiger partial charge in [-0.1, -0.05) is 12.1 Å². The van der Waals surface area contributed by atoms with Crippen LogP contribution in [0.3, 0.4) is 0 Å². The highest BCUT2D eigenvalue weighted by atomic mass is 35.7. The highest BCUT2D eigenvalue weighted by molar-refractivity contribution is 7.22. The monoisotopic (exact) mass is 340 g/mol.